The van der Waals surface area contributed by atoms with Crippen LogP contribution in [0.3, 0.4) is 0 Å². The first-order valence-electron chi connectivity index (χ1n) is 13.0. The van der Waals surface area contributed by atoms with Gasteiger partial charge in [-0.25, -0.2) is 18.2 Å². The number of pyridine rings is 1. The van der Waals surface area contributed by atoms with Crippen molar-refractivity contribution >= 4 is 44.1 Å². The molecule has 1 aromatic heterocycles. The molecule has 1 fully saturated rings. The van der Waals surface area contributed by atoms with Gasteiger partial charge in [0.05, 0.1) is 16.0 Å². The van der Waals surface area contributed by atoms with Crippen LogP contribution in [-0.4, -0.2) is 50.7 Å². The van der Waals surface area contributed by atoms with E-state index in [1.807, 2.05) is 6.92 Å². The van der Waals surface area contributed by atoms with Gasteiger partial charge in [0.1, 0.15) is 5.82 Å². The van der Waals surface area contributed by atoms with Gasteiger partial charge >= 0.3 is 5.97 Å². The quantitative estimate of drug-likeness (QED) is 0.328. The Kier molecular flexibility index (Phi) is 7.18. The van der Waals surface area contributed by atoms with Crippen LogP contribution >= 0.6 is 0 Å². The number of aromatic carboxylic acids is 1. The van der Waals surface area contributed by atoms with Crippen molar-refractivity contribution in [2.45, 2.75) is 32.1 Å². The Morgan fingerprint density at radius 2 is 1.62 bits per heavy atom. The van der Waals surface area contributed by atoms with Crippen LogP contribution in [0.5, 0.6) is 0 Å². The highest BCUT2D eigenvalue weighted by Crippen LogP contribution is 2.29. The Morgan fingerprint density at radius 3 is 2.28 bits per heavy atom. The lowest BCUT2D eigenvalue weighted by Crippen LogP contribution is -2.47. The molecule has 0 atom stereocenters. The van der Waals surface area contributed by atoms with Gasteiger partial charge in [-0.3, -0.25) is 4.72 Å². The van der Waals surface area contributed by atoms with Crippen LogP contribution in [0, 0.1) is 13.8 Å². The number of benzene rings is 3. The summed E-state index contributed by atoms with van der Waals surface area (Å²) in [7, 11) is -3.83. The third kappa shape index (κ3) is 5.54. The Hall–Kier alpha value is -4.11. The lowest BCUT2D eigenvalue weighted by atomic mass is 10.1. The van der Waals surface area contributed by atoms with E-state index in [4.69, 9.17) is 4.98 Å². The number of carboxylic acids is 1. The van der Waals surface area contributed by atoms with E-state index in [1.165, 1.54) is 22.9 Å². The highest BCUT2D eigenvalue weighted by Gasteiger charge is 2.22. The normalized spacial score (nSPS) is 14.0. The molecule has 0 radical (unpaired) electrons. The minimum absolute atomic E-state index is 0.0836. The van der Waals surface area contributed by atoms with E-state index in [1.54, 1.807) is 42.5 Å². The van der Waals surface area contributed by atoms with E-state index in [0.717, 1.165) is 25.1 Å². The van der Waals surface area contributed by atoms with Crippen molar-refractivity contribution in [3.8, 4) is 0 Å². The summed E-state index contributed by atoms with van der Waals surface area (Å²) in [5.41, 5.74) is 5.58. The molecule has 2 heterocycles. The van der Waals surface area contributed by atoms with Crippen LogP contribution in [0.25, 0.3) is 10.9 Å². The van der Waals surface area contributed by atoms with Crippen molar-refractivity contribution in [2.75, 3.05) is 40.7 Å². The van der Waals surface area contributed by atoms with E-state index in [-0.39, 0.29) is 16.1 Å². The summed E-state index contributed by atoms with van der Waals surface area (Å²) in [6.07, 6.45) is 0.813. The maximum absolute atomic E-state index is 12.9. The van der Waals surface area contributed by atoms with Crippen LogP contribution in [0.2, 0.25) is 0 Å². The molecule has 0 amide bonds. The third-order valence-corrected chi connectivity index (χ3v) is 8.63. The SMILES string of the molecule is CCc1ccc(S(=O)(=O)Nc2ccc3nc(N4CCN(c5cc(C)ccc5C)CC4)cc(C(=O)O)c3c2)cc1. The van der Waals surface area contributed by atoms with E-state index in [2.05, 4.69) is 46.6 Å². The molecule has 0 saturated carbocycles. The summed E-state index contributed by atoms with van der Waals surface area (Å²) < 4.78 is 28.4. The van der Waals surface area contributed by atoms with Crippen LogP contribution in [0.15, 0.2) is 71.6 Å². The summed E-state index contributed by atoms with van der Waals surface area (Å²) in [6.45, 7) is 9.22. The van der Waals surface area contributed by atoms with Crippen molar-refractivity contribution < 1.29 is 18.3 Å². The first kappa shape index (κ1) is 26.5. The van der Waals surface area contributed by atoms with Crippen molar-refractivity contribution in [2.24, 2.45) is 0 Å². The Labute approximate surface area is 229 Å². The third-order valence-electron chi connectivity index (χ3n) is 7.23. The van der Waals surface area contributed by atoms with Crippen molar-refractivity contribution in [1.82, 2.24) is 4.98 Å². The summed E-state index contributed by atoms with van der Waals surface area (Å²) in [6, 6.07) is 19.5. The van der Waals surface area contributed by atoms with Gasteiger partial charge in [0.2, 0.25) is 0 Å². The molecule has 9 heteroatoms. The second kappa shape index (κ2) is 10.6. The number of carbonyl (C=O) groups is 1. The van der Waals surface area contributed by atoms with E-state index in [0.29, 0.717) is 29.8 Å². The smallest absolute Gasteiger partial charge is 0.336 e. The van der Waals surface area contributed by atoms with Gasteiger partial charge in [-0.05, 0) is 79.4 Å². The van der Waals surface area contributed by atoms with Gasteiger partial charge in [0, 0.05) is 42.9 Å². The number of nitrogens with zero attached hydrogens (tertiary/aromatic N) is 3. The van der Waals surface area contributed by atoms with E-state index >= 15 is 0 Å². The van der Waals surface area contributed by atoms with Crippen LogP contribution in [0.4, 0.5) is 17.2 Å². The van der Waals surface area contributed by atoms with Gasteiger partial charge in [0.25, 0.3) is 10.0 Å². The molecular formula is C30H32N4O4S. The molecule has 202 valence electrons. The number of rotatable bonds is 7. The number of piperazine rings is 1. The molecule has 39 heavy (non-hydrogen) atoms. The number of anilines is 3. The monoisotopic (exact) mass is 544 g/mol. The van der Waals surface area contributed by atoms with Crippen molar-refractivity contribution in [3.63, 3.8) is 0 Å². The predicted octanol–water partition coefficient (Wildman–Crippen LogP) is 5.24. The first-order chi connectivity index (χ1) is 18.6. The minimum Gasteiger partial charge on any atom is -0.478 e. The molecule has 4 aromatic rings. The minimum atomic E-state index is -3.83. The average Bonchev–Trinajstić information content (AvgIpc) is 2.93. The molecule has 2 N–H and O–H groups in total. The Bertz CT molecular complexity index is 1640. The maximum atomic E-state index is 12.9. The molecule has 0 unspecified atom stereocenters. The van der Waals surface area contributed by atoms with E-state index in [9.17, 15) is 18.3 Å². The second-order valence-electron chi connectivity index (χ2n) is 9.93. The van der Waals surface area contributed by atoms with Gasteiger partial charge in [-0.2, -0.15) is 0 Å². The molecule has 0 spiro atoms. The highest BCUT2D eigenvalue weighted by atomic mass is 32.2. The average molecular weight is 545 g/mol. The first-order valence-corrected chi connectivity index (χ1v) is 14.5. The topological polar surface area (TPSA) is 103 Å². The molecule has 1 aliphatic rings. The van der Waals surface area contributed by atoms with Gasteiger partial charge < -0.3 is 14.9 Å². The highest BCUT2D eigenvalue weighted by molar-refractivity contribution is 7.92. The molecule has 1 aliphatic heterocycles. The fraction of sp³-hybridized carbons (Fsp3) is 0.267. The van der Waals surface area contributed by atoms with Crippen LogP contribution in [0.1, 0.15) is 34.0 Å². The zero-order valence-corrected chi connectivity index (χ0v) is 23.1. The van der Waals surface area contributed by atoms with Crippen molar-refractivity contribution in [3.05, 3.63) is 89.0 Å². The molecule has 0 bridgehead atoms. The number of hydrogen-bond acceptors (Lipinski definition) is 6. The second-order valence-corrected chi connectivity index (χ2v) is 11.6. The maximum Gasteiger partial charge on any atom is 0.336 e. The van der Waals surface area contributed by atoms with E-state index < -0.39 is 16.0 Å². The molecule has 1 saturated heterocycles. The summed E-state index contributed by atoms with van der Waals surface area (Å²) in [5, 5.41) is 10.4. The zero-order chi connectivity index (χ0) is 27.7. The lowest BCUT2D eigenvalue weighted by Gasteiger charge is -2.37. The standard InChI is InChI=1S/C30H32N4O4S/c1-4-22-7-10-24(11-8-22)39(37,38)32-23-9-12-27-25(18-23)26(30(35)36)19-29(31-27)34-15-13-33(14-16-34)28-17-20(2)5-6-21(28)3/h5-12,17-19,32H,4,13-16H2,1-3H3,(H,35,36). The fourth-order valence-corrected chi connectivity index (χ4v) is 6.02. The molecule has 3 aromatic carbocycles. The number of sulfonamides is 1. The van der Waals surface area contributed by atoms with Crippen LogP contribution in [-0.2, 0) is 16.4 Å². The van der Waals surface area contributed by atoms with Gasteiger partial charge in [-0.15, -0.1) is 0 Å². The molecule has 5 rings (SSSR count). The largest absolute Gasteiger partial charge is 0.478 e. The number of hydrogen-bond donors (Lipinski definition) is 2. The van der Waals surface area contributed by atoms with Gasteiger partial charge in [-0.1, -0.05) is 31.2 Å². The van der Waals surface area contributed by atoms with Gasteiger partial charge in [0.15, 0.2) is 0 Å². The predicted molar refractivity (Wildman–Crippen MR) is 156 cm³/mol. The number of aromatic nitrogens is 1. The number of nitrogens with one attached hydrogen (secondary N) is 1. The van der Waals surface area contributed by atoms with Crippen molar-refractivity contribution in [1.29, 1.82) is 0 Å². The van der Waals surface area contributed by atoms with Crippen LogP contribution < -0.4 is 14.5 Å². The summed E-state index contributed by atoms with van der Waals surface area (Å²) in [4.78, 5) is 21.6. The molecule has 0 aliphatic carbocycles. The zero-order valence-electron chi connectivity index (χ0n) is 22.3. The Morgan fingerprint density at radius 1 is 0.923 bits per heavy atom. The number of fused-ring (bicyclic) bond motifs is 1. The number of aryl methyl sites for hydroxylation is 3. The fourth-order valence-electron chi connectivity index (χ4n) is 4.97. The lowest BCUT2D eigenvalue weighted by molar-refractivity contribution is 0.0699. The summed E-state index contributed by atoms with van der Waals surface area (Å²) in [5.74, 6) is -0.488. The Balaban J connectivity index is 1.39. The molecular weight excluding hydrogens is 512 g/mol. The molecule has 8 nitrogen and oxygen atoms in total. The number of carboxylic acid groups (broad SMARTS) is 1. The summed E-state index contributed by atoms with van der Waals surface area (Å²) >= 11 is 0.